The number of nitriles is 1. The fourth-order valence-electron chi connectivity index (χ4n) is 4.27. The van der Waals surface area contributed by atoms with Gasteiger partial charge in [-0.25, -0.2) is 4.98 Å². The number of anilines is 1. The van der Waals surface area contributed by atoms with Crippen LogP contribution >= 0.6 is 0 Å². The summed E-state index contributed by atoms with van der Waals surface area (Å²) in [5.41, 5.74) is 1.70. The van der Waals surface area contributed by atoms with E-state index in [1.807, 2.05) is 4.90 Å². The van der Waals surface area contributed by atoms with Crippen LogP contribution in [-0.2, 0) is 4.79 Å². The highest BCUT2D eigenvalue weighted by Gasteiger charge is 2.61. The number of carbonyl (C=O) groups excluding carboxylic acids is 1. The highest BCUT2D eigenvalue weighted by molar-refractivity contribution is 5.84. The zero-order valence-electron chi connectivity index (χ0n) is 16.7. The monoisotopic (exact) mass is 368 g/mol. The van der Waals surface area contributed by atoms with Gasteiger partial charge in [0.25, 0.3) is 0 Å². The van der Waals surface area contributed by atoms with Crippen molar-refractivity contribution in [2.75, 3.05) is 31.1 Å². The second-order valence-electron chi connectivity index (χ2n) is 8.97. The number of hydrogen-bond acceptors (Lipinski definition) is 5. The molecule has 1 aromatic heterocycles. The SMILES string of the molecule is CC(C)=C[C@@H]1[C@H](C(=O)N2CCN(c3oc(C4CC4)nc3C#N)CC2)C1(C)C. The predicted molar refractivity (Wildman–Crippen MR) is 102 cm³/mol. The van der Waals surface area contributed by atoms with E-state index in [4.69, 9.17) is 4.42 Å². The molecule has 2 atom stereocenters. The van der Waals surface area contributed by atoms with Crippen molar-refractivity contribution in [2.45, 2.75) is 46.5 Å². The number of piperazine rings is 1. The van der Waals surface area contributed by atoms with Gasteiger partial charge in [0, 0.05) is 32.1 Å². The van der Waals surface area contributed by atoms with Crippen molar-refractivity contribution >= 4 is 11.8 Å². The molecular weight excluding hydrogens is 340 g/mol. The molecule has 1 saturated heterocycles. The third-order valence-electron chi connectivity index (χ3n) is 6.23. The smallest absolute Gasteiger partial charge is 0.234 e. The molecule has 0 bridgehead atoms. The maximum atomic E-state index is 13.0. The van der Waals surface area contributed by atoms with Crippen LogP contribution in [0.5, 0.6) is 0 Å². The van der Waals surface area contributed by atoms with Gasteiger partial charge in [-0.15, -0.1) is 0 Å². The number of rotatable bonds is 4. The summed E-state index contributed by atoms with van der Waals surface area (Å²) >= 11 is 0. The van der Waals surface area contributed by atoms with Crippen LogP contribution in [0, 0.1) is 28.6 Å². The lowest BCUT2D eigenvalue weighted by Gasteiger charge is -2.35. The second kappa shape index (κ2) is 6.40. The van der Waals surface area contributed by atoms with Gasteiger partial charge in [-0.3, -0.25) is 4.79 Å². The summed E-state index contributed by atoms with van der Waals surface area (Å²) in [6.07, 6.45) is 4.43. The largest absolute Gasteiger partial charge is 0.423 e. The fraction of sp³-hybridized carbons (Fsp3) is 0.667. The minimum atomic E-state index is 0.0452. The van der Waals surface area contributed by atoms with Crippen LogP contribution in [0.15, 0.2) is 16.1 Å². The van der Waals surface area contributed by atoms with Crippen molar-refractivity contribution in [1.82, 2.24) is 9.88 Å². The van der Waals surface area contributed by atoms with Crippen molar-refractivity contribution in [2.24, 2.45) is 17.3 Å². The van der Waals surface area contributed by atoms with Crippen LogP contribution < -0.4 is 4.90 Å². The molecule has 3 aliphatic rings. The van der Waals surface area contributed by atoms with Gasteiger partial charge in [-0.2, -0.15) is 5.26 Å². The Bertz CT molecular complexity index is 816. The number of aromatic nitrogens is 1. The van der Waals surface area contributed by atoms with E-state index < -0.39 is 0 Å². The topological polar surface area (TPSA) is 73.4 Å². The van der Waals surface area contributed by atoms with Gasteiger partial charge in [0.1, 0.15) is 6.07 Å². The molecule has 0 aromatic carbocycles. The first-order chi connectivity index (χ1) is 12.8. The van der Waals surface area contributed by atoms with Gasteiger partial charge in [0.15, 0.2) is 0 Å². The second-order valence-corrected chi connectivity index (χ2v) is 8.97. The van der Waals surface area contributed by atoms with E-state index in [2.05, 4.69) is 49.7 Å². The van der Waals surface area contributed by atoms with Crippen LogP contribution in [0.25, 0.3) is 0 Å². The quantitative estimate of drug-likeness (QED) is 0.762. The Balaban J connectivity index is 1.40. The van der Waals surface area contributed by atoms with Gasteiger partial charge >= 0.3 is 0 Å². The third-order valence-corrected chi connectivity index (χ3v) is 6.23. The maximum Gasteiger partial charge on any atom is 0.234 e. The molecule has 6 heteroatoms. The summed E-state index contributed by atoms with van der Waals surface area (Å²) < 4.78 is 5.90. The Kier molecular flexibility index (Phi) is 4.29. The summed E-state index contributed by atoms with van der Waals surface area (Å²) in [5.74, 6) is 2.36. The lowest BCUT2D eigenvalue weighted by molar-refractivity contribution is -0.133. The number of nitrogens with zero attached hydrogens (tertiary/aromatic N) is 4. The van der Waals surface area contributed by atoms with Crippen molar-refractivity contribution in [1.29, 1.82) is 5.26 Å². The molecular formula is C21H28N4O2. The van der Waals surface area contributed by atoms with Crippen molar-refractivity contribution in [3.8, 4) is 6.07 Å². The normalized spacial score (nSPS) is 26.5. The zero-order valence-corrected chi connectivity index (χ0v) is 16.7. The number of amides is 1. The molecule has 1 amide bonds. The van der Waals surface area contributed by atoms with E-state index in [9.17, 15) is 10.1 Å². The molecule has 2 aliphatic carbocycles. The van der Waals surface area contributed by atoms with E-state index in [0.717, 1.165) is 12.8 Å². The van der Waals surface area contributed by atoms with Crippen LogP contribution in [-0.4, -0.2) is 42.0 Å². The maximum absolute atomic E-state index is 13.0. The highest BCUT2D eigenvalue weighted by Crippen LogP contribution is 2.60. The molecule has 4 rings (SSSR count). The van der Waals surface area contributed by atoms with Gasteiger partial charge in [0.2, 0.25) is 23.4 Å². The Morgan fingerprint density at radius 1 is 1.26 bits per heavy atom. The fourth-order valence-corrected chi connectivity index (χ4v) is 4.27. The van der Waals surface area contributed by atoms with Crippen LogP contribution in [0.1, 0.15) is 58.0 Å². The molecule has 1 aromatic rings. The number of allylic oxidation sites excluding steroid dienone is 2. The van der Waals surface area contributed by atoms with E-state index in [1.165, 1.54) is 5.57 Å². The van der Waals surface area contributed by atoms with Gasteiger partial charge in [-0.05, 0) is 38.0 Å². The van der Waals surface area contributed by atoms with Crippen LogP contribution in [0.2, 0.25) is 0 Å². The molecule has 3 fully saturated rings. The standard InChI is InChI=1S/C21H28N4O2/c1-13(2)11-15-17(21(15,3)4)19(26)24-7-9-25(10-8-24)20-16(12-22)23-18(27-20)14-5-6-14/h11,14-15,17H,5-10H2,1-4H3/t15-,17-/m1/s1. The Hall–Kier alpha value is -2.29. The lowest BCUT2D eigenvalue weighted by atomic mass is 10.1. The molecule has 0 unspecified atom stereocenters. The summed E-state index contributed by atoms with van der Waals surface area (Å²) in [5, 5.41) is 9.38. The average molecular weight is 368 g/mol. The lowest BCUT2D eigenvalue weighted by Crippen LogP contribution is -2.49. The Morgan fingerprint density at radius 3 is 2.48 bits per heavy atom. The van der Waals surface area contributed by atoms with Crippen LogP contribution in [0.4, 0.5) is 5.88 Å². The molecule has 0 N–H and O–H groups in total. The van der Waals surface area contributed by atoms with Crippen molar-refractivity contribution in [3.63, 3.8) is 0 Å². The van der Waals surface area contributed by atoms with E-state index in [-0.39, 0.29) is 17.2 Å². The molecule has 6 nitrogen and oxygen atoms in total. The molecule has 0 radical (unpaired) electrons. The number of oxazole rings is 1. The first-order valence-corrected chi connectivity index (χ1v) is 9.92. The number of carbonyl (C=O) groups is 1. The van der Waals surface area contributed by atoms with Crippen molar-refractivity contribution < 1.29 is 9.21 Å². The van der Waals surface area contributed by atoms with Gasteiger partial charge < -0.3 is 14.2 Å². The van der Waals surface area contributed by atoms with Gasteiger partial charge in [-0.1, -0.05) is 25.5 Å². The first-order valence-electron chi connectivity index (χ1n) is 9.92. The average Bonchev–Trinajstić information content (AvgIpc) is 3.51. The third kappa shape index (κ3) is 3.24. The molecule has 144 valence electrons. The molecule has 2 saturated carbocycles. The van der Waals surface area contributed by atoms with Crippen molar-refractivity contribution in [3.05, 3.63) is 23.2 Å². The highest BCUT2D eigenvalue weighted by atomic mass is 16.4. The van der Waals surface area contributed by atoms with E-state index in [1.54, 1.807) is 0 Å². The molecule has 0 spiro atoms. The summed E-state index contributed by atoms with van der Waals surface area (Å²) in [7, 11) is 0. The summed E-state index contributed by atoms with van der Waals surface area (Å²) in [4.78, 5) is 21.4. The molecule has 2 heterocycles. The zero-order chi connectivity index (χ0) is 19.3. The minimum absolute atomic E-state index is 0.0452. The minimum Gasteiger partial charge on any atom is -0.423 e. The number of hydrogen-bond donors (Lipinski definition) is 0. The Morgan fingerprint density at radius 2 is 1.93 bits per heavy atom. The van der Waals surface area contributed by atoms with Gasteiger partial charge in [0.05, 0.1) is 5.92 Å². The molecule has 27 heavy (non-hydrogen) atoms. The summed E-state index contributed by atoms with van der Waals surface area (Å²) in [6.45, 7) is 11.2. The van der Waals surface area contributed by atoms with Crippen LogP contribution in [0.3, 0.4) is 0 Å². The first kappa shape index (κ1) is 18.1. The Labute approximate surface area is 160 Å². The predicted octanol–water partition coefficient (Wildman–Crippen LogP) is 3.31. The van der Waals surface area contributed by atoms with E-state index >= 15 is 0 Å². The molecule has 1 aliphatic heterocycles. The summed E-state index contributed by atoms with van der Waals surface area (Å²) in [6, 6.07) is 2.16. The van der Waals surface area contributed by atoms with E-state index in [0.29, 0.717) is 55.5 Å².